The van der Waals surface area contributed by atoms with Gasteiger partial charge in [-0.25, -0.2) is 9.18 Å². The highest BCUT2D eigenvalue weighted by Gasteiger charge is 2.30. The van der Waals surface area contributed by atoms with Crippen molar-refractivity contribution in [2.24, 2.45) is 0 Å². The first-order valence-corrected chi connectivity index (χ1v) is 5.71. The number of hydrogen-bond acceptors (Lipinski definition) is 4. The number of halogens is 1. The van der Waals surface area contributed by atoms with Crippen LogP contribution in [-0.2, 0) is 4.79 Å². The molecule has 6 nitrogen and oxygen atoms in total. The molecule has 1 heterocycles. The summed E-state index contributed by atoms with van der Waals surface area (Å²) in [4.78, 5) is 23.4. The van der Waals surface area contributed by atoms with Gasteiger partial charge in [-0.3, -0.25) is 9.69 Å². The Hall–Kier alpha value is -2.15. The number of β-amino-alcohol motifs (C(OH)–C–C–N with tert-alkyl or cyclic N) is 1. The Morgan fingerprint density at radius 3 is 2.63 bits per heavy atom. The van der Waals surface area contributed by atoms with Gasteiger partial charge >= 0.3 is 6.03 Å². The van der Waals surface area contributed by atoms with E-state index in [2.05, 4.69) is 5.32 Å². The standard InChI is InChI=1S/C12H13FN2O4/c13-8-1-3-10(4-2-8)19-7-9(16)6-15-11(17)5-14-12(15)18/h1-4,9,16H,5-7H2,(H,14,18)/t9-/m0/s1. The lowest BCUT2D eigenvalue weighted by atomic mass is 10.3. The third-order valence-electron chi connectivity index (χ3n) is 2.59. The first-order valence-electron chi connectivity index (χ1n) is 5.71. The SMILES string of the molecule is O=C1CNC(=O)N1C[C@H](O)COc1ccc(F)cc1. The van der Waals surface area contributed by atoms with Gasteiger partial charge in [0.05, 0.1) is 13.1 Å². The van der Waals surface area contributed by atoms with E-state index in [1.54, 1.807) is 0 Å². The Morgan fingerprint density at radius 2 is 2.05 bits per heavy atom. The molecule has 1 fully saturated rings. The number of nitrogens with one attached hydrogen (secondary N) is 1. The molecule has 0 unspecified atom stereocenters. The van der Waals surface area contributed by atoms with Gasteiger partial charge in [-0.05, 0) is 24.3 Å². The van der Waals surface area contributed by atoms with E-state index in [-0.39, 0.29) is 31.4 Å². The lowest BCUT2D eigenvalue weighted by Gasteiger charge is -2.17. The molecule has 0 radical (unpaired) electrons. The minimum absolute atomic E-state index is 0.0512. The van der Waals surface area contributed by atoms with Crippen LogP contribution < -0.4 is 10.1 Å². The minimum Gasteiger partial charge on any atom is -0.491 e. The predicted molar refractivity (Wildman–Crippen MR) is 63.0 cm³/mol. The molecule has 1 aromatic rings. The van der Waals surface area contributed by atoms with Crippen molar-refractivity contribution in [3.8, 4) is 5.75 Å². The summed E-state index contributed by atoms with van der Waals surface area (Å²) in [5, 5.41) is 12.0. The lowest BCUT2D eigenvalue weighted by Crippen LogP contribution is -2.39. The molecule has 1 atom stereocenters. The summed E-state index contributed by atoms with van der Waals surface area (Å²) in [7, 11) is 0. The molecule has 1 saturated heterocycles. The largest absolute Gasteiger partial charge is 0.491 e. The number of nitrogens with zero attached hydrogens (tertiary/aromatic N) is 1. The van der Waals surface area contributed by atoms with E-state index in [0.717, 1.165) is 4.90 Å². The van der Waals surface area contributed by atoms with Crippen molar-refractivity contribution in [1.29, 1.82) is 0 Å². The molecular weight excluding hydrogens is 255 g/mol. The lowest BCUT2D eigenvalue weighted by molar-refractivity contribution is -0.126. The average Bonchev–Trinajstić information content (AvgIpc) is 2.70. The molecular formula is C12H13FN2O4. The van der Waals surface area contributed by atoms with Crippen LogP contribution in [0.4, 0.5) is 9.18 Å². The molecule has 2 N–H and O–H groups in total. The smallest absolute Gasteiger partial charge is 0.324 e. The maximum Gasteiger partial charge on any atom is 0.324 e. The van der Waals surface area contributed by atoms with Gasteiger partial charge < -0.3 is 15.2 Å². The number of carbonyl (C=O) groups is 2. The summed E-state index contributed by atoms with van der Waals surface area (Å²) in [5.41, 5.74) is 0. The molecule has 3 amide bonds. The monoisotopic (exact) mass is 268 g/mol. The second-order valence-electron chi connectivity index (χ2n) is 4.08. The summed E-state index contributed by atoms with van der Waals surface area (Å²) >= 11 is 0. The molecule has 19 heavy (non-hydrogen) atoms. The fraction of sp³-hybridized carbons (Fsp3) is 0.333. The van der Waals surface area contributed by atoms with Crippen LogP contribution in [0.3, 0.4) is 0 Å². The summed E-state index contributed by atoms with van der Waals surface area (Å²) in [5.74, 6) is -0.365. The van der Waals surface area contributed by atoms with Crippen LogP contribution in [0.1, 0.15) is 0 Å². The summed E-state index contributed by atoms with van der Waals surface area (Å²) < 4.78 is 17.9. The highest BCUT2D eigenvalue weighted by atomic mass is 19.1. The molecule has 2 rings (SSSR count). The number of amides is 3. The van der Waals surface area contributed by atoms with Gasteiger partial charge in [0.15, 0.2) is 0 Å². The van der Waals surface area contributed by atoms with Crippen LogP contribution in [0.25, 0.3) is 0 Å². The summed E-state index contributed by atoms with van der Waals surface area (Å²) in [6.07, 6.45) is -1.00. The molecule has 1 aromatic carbocycles. The van der Waals surface area contributed by atoms with Gasteiger partial charge in [-0.1, -0.05) is 0 Å². The van der Waals surface area contributed by atoms with E-state index in [1.165, 1.54) is 24.3 Å². The van der Waals surface area contributed by atoms with Crippen LogP contribution in [0.5, 0.6) is 5.75 Å². The second-order valence-corrected chi connectivity index (χ2v) is 4.08. The maximum absolute atomic E-state index is 12.6. The van der Waals surface area contributed by atoms with Crippen molar-refractivity contribution in [3.63, 3.8) is 0 Å². The van der Waals surface area contributed by atoms with Crippen LogP contribution in [0, 0.1) is 5.82 Å². The number of ether oxygens (including phenoxy) is 1. The minimum atomic E-state index is -1.00. The predicted octanol–water partition coefficient (Wildman–Crippen LogP) is 0.117. The summed E-state index contributed by atoms with van der Waals surface area (Å²) in [6.45, 7) is -0.279. The number of carbonyl (C=O) groups excluding carboxylic acids is 2. The molecule has 0 aromatic heterocycles. The van der Waals surface area contributed by atoms with E-state index < -0.39 is 12.1 Å². The Kier molecular flexibility index (Phi) is 3.96. The average molecular weight is 268 g/mol. The third-order valence-corrected chi connectivity index (χ3v) is 2.59. The number of aliphatic hydroxyl groups excluding tert-OH is 1. The Balaban J connectivity index is 1.81. The molecule has 0 bridgehead atoms. The van der Waals surface area contributed by atoms with E-state index in [1.807, 2.05) is 0 Å². The molecule has 1 aliphatic rings. The van der Waals surface area contributed by atoms with Gasteiger partial charge in [0.25, 0.3) is 0 Å². The first kappa shape index (κ1) is 13.3. The van der Waals surface area contributed by atoms with Gasteiger partial charge in [0, 0.05) is 0 Å². The number of urea groups is 1. The van der Waals surface area contributed by atoms with E-state index in [9.17, 15) is 19.1 Å². The van der Waals surface area contributed by atoms with Crippen molar-refractivity contribution in [3.05, 3.63) is 30.1 Å². The number of hydrogen-bond donors (Lipinski definition) is 2. The van der Waals surface area contributed by atoms with Gasteiger partial charge in [0.1, 0.15) is 24.3 Å². The molecule has 102 valence electrons. The molecule has 1 aliphatic heterocycles. The van der Waals surface area contributed by atoms with Crippen LogP contribution in [0.15, 0.2) is 24.3 Å². The van der Waals surface area contributed by atoms with Crippen LogP contribution in [-0.4, -0.2) is 47.7 Å². The number of imide groups is 1. The molecule has 0 spiro atoms. The van der Waals surface area contributed by atoms with Crippen molar-refractivity contribution in [2.75, 3.05) is 19.7 Å². The van der Waals surface area contributed by atoms with Gasteiger partial charge in [-0.2, -0.15) is 0 Å². The highest BCUT2D eigenvalue weighted by molar-refractivity contribution is 6.01. The number of benzene rings is 1. The second kappa shape index (κ2) is 5.66. The zero-order valence-electron chi connectivity index (χ0n) is 10.0. The van der Waals surface area contributed by atoms with Crippen molar-refractivity contribution in [1.82, 2.24) is 10.2 Å². The highest BCUT2D eigenvalue weighted by Crippen LogP contribution is 2.11. The fourth-order valence-corrected chi connectivity index (χ4v) is 1.63. The van der Waals surface area contributed by atoms with Crippen molar-refractivity contribution < 1.29 is 23.8 Å². The fourth-order valence-electron chi connectivity index (χ4n) is 1.63. The topological polar surface area (TPSA) is 78.9 Å². The zero-order chi connectivity index (χ0) is 13.8. The number of rotatable bonds is 5. The zero-order valence-corrected chi connectivity index (χ0v) is 10.0. The van der Waals surface area contributed by atoms with Crippen molar-refractivity contribution in [2.45, 2.75) is 6.10 Å². The van der Waals surface area contributed by atoms with Gasteiger partial charge in [0.2, 0.25) is 5.91 Å². The quantitative estimate of drug-likeness (QED) is 0.743. The van der Waals surface area contributed by atoms with E-state index in [0.29, 0.717) is 5.75 Å². The molecule has 0 aliphatic carbocycles. The van der Waals surface area contributed by atoms with Crippen LogP contribution in [0.2, 0.25) is 0 Å². The maximum atomic E-state index is 12.6. The molecule has 0 saturated carbocycles. The molecule has 7 heteroatoms. The van der Waals surface area contributed by atoms with E-state index in [4.69, 9.17) is 4.74 Å². The van der Waals surface area contributed by atoms with Crippen LogP contribution >= 0.6 is 0 Å². The normalized spacial score (nSPS) is 16.4. The Labute approximate surface area is 108 Å². The Bertz CT molecular complexity index is 461. The van der Waals surface area contributed by atoms with Gasteiger partial charge in [-0.15, -0.1) is 0 Å². The number of aliphatic hydroxyl groups is 1. The third kappa shape index (κ3) is 3.41. The first-order chi connectivity index (χ1) is 9.06. The Morgan fingerprint density at radius 1 is 1.37 bits per heavy atom. The summed E-state index contributed by atoms with van der Waals surface area (Å²) in [6, 6.07) is 4.80. The van der Waals surface area contributed by atoms with E-state index >= 15 is 0 Å². The van der Waals surface area contributed by atoms with Crippen molar-refractivity contribution >= 4 is 11.9 Å².